The van der Waals surface area contributed by atoms with Crippen molar-refractivity contribution >= 4 is 0 Å². The largest absolute Gasteiger partial charge is 0.342 e. The number of imidazole rings is 1. The lowest BCUT2D eigenvalue weighted by Gasteiger charge is -2.17. The van der Waals surface area contributed by atoms with Gasteiger partial charge in [-0.2, -0.15) is 0 Å². The molecule has 1 aromatic heterocycles. The lowest BCUT2D eigenvalue weighted by molar-refractivity contribution is 0.490. The van der Waals surface area contributed by atoms with Crippen molar-refractivity contribution in [1.29, 1.82) is 0 Å². The highest BCUT2D eigenvalue weighted by Gasteiger charge is 2.41. The number of rotatable bonds is 2. The molecule has 3 atom stereocenters. The summed E-state index contributed by atoms with van der Waals surface area (Å²) in [4.78, 5) is 7.45. The zero-order chi connectivity index (χ0) is 13.7. The predicted molar refractivity (Wildman–Crippen MR) is 71.2 cm³/mol. The second-order valence-corrected chi connectivity index (χ2v) is 5.67. The molecule has 20 heavy (non-hydrogen) atoms. The lowest BCUT2D eigenvalue weighted by atomic mass is 9.89. The minimum Gasteiger partial charge on any atom is -0.342 e. The molecule has 0 spiro atoms. The van der Waals surface area contributed by atoms with Crippen LogP contribution in [0.2, 0.25) is 0 Å². The Morgan fingerprint density at radius 3 is 2.60 bits per heavy atom. The molecule has 0 amide bonds. The molecule has 3 nitrogen and oxygen atoms in total. The third-order valence-corrected chi connectivity index (χ3v) is 4.48. The number of hydrogen-bond donors (Lipinski definition) is 2. The molecule has 2 fully saturated rings. The lowest BCUT2D eigenvalue weighted by Crippen LogP contribution is -2.22. The number of hydrogen-bond acceptors (Lipinski definition) is 2. The van der Waals surface area contributed by atoms with E-state index in [1.54, 1.807) is 0 Å². The Kier molecular flexibility index (Phi) is 2.63. The molecule has 3 unspecified atom stereocenters. The van der Waals surface area contributed by atoms with Gasteiger partial charge in [0.15, 0.2) is 0 Å². The Balaban J connectivity index is 1.69. The first-order valence-electron chi connectivity index (χ1n) is 6.97. The maximum absolute atomic E-state index is 13.8. The smallest absolute Gasteiger partial charge is 0.135 e. The Hall–Kier alpha value is -1.75. The summed E-state index contributed by atoms with van der Waals surface area (Å²) in [6.07, 6.45) is 4.95. The second-order valence-electron chi connectivity index (χ2n) is 5.67. The number of benzene rings is 1. The van der Waals surface area contributed by atoms with Gasteiger partial charge in [0.2, 0.25) is 0 Å². The molecule has 1 aromatic carbocycles. The Morgan fingerprint density at radius 2 is 1.95 bits per heavy atom. The van der Waals surface area contributed by atoms with Gasteiger partial charge in [-0.05, 0) is 31.4 Å². The third kappa shape index (κ3) is 1.77. The molecule has 2 bridgehead atoms. The summed E-state index contributed by atoms with van der Waals surface area (Å²) in [7, 11) is 0. The molecule has 2 aliphatic heterocycles. The first kappa shape index (κ1) is 12.0. The van der Waals surface area contributed by atoms with Gasteiger partial charge in [-0.3, -0.25) is 0 Å². The third-order valence-electron chi connectivity index (χ3n) is 4.48. The van der Waals surface area contributed by atoms with Crippen LogP contribution in [0.3, 0.4) is 0 Å². The SMILES string of the molecule is Fc1cccc(F)c1-c1cnc(C2CC3CCC2N3)[nH]1. The number of nitrogens with one attached hydrogen (secondary N) is 2. The van der Waals surface area contributed by atoms with E-state index in [0.29, 0.717) is 23.7 Å². The van der Waals surface area contributed by atoms with Crippen molar-refractivity contribution in [2.24, 2.45) is 0 Å². The molecular weight excluding hydrogens is 260 g/mol. The molecule has 0 saturated carbocycles. The van der Waals surface area contributed by atoms with E-state index < -0.39 is 11.6 Å². The molecule has 3 heterocycles. The van der Waals surface area contributed by atoms with Crippen LogP contribution in [-0.4, -0.2) is 22.1 Å². The summed E-state index contributed by atoms with van der Waals surface area (Å²) in [5, 5.41) is 3.54. The van der Waals surface area contributed by atoms with Crippen LogP contribution in [0.1, 0.15) is 31.0 Å². The van der Waals surface area contributed by atoms with Gasteiger partial charge in [0.1, 0.15) is 17.5 Å². The van der Waals surface area contributed by atoms with Crippen molar-refractivity contribution in [2.45, 2.75) is 37.3 Å². The normalized spacial score (nSPS) is 28.2. The molecule has 0 aliphatic carbocycles. The van der Waals surface area contributed by atoms with Gasteiger partial charge < -0.3 is 10.3 Å². The van der Waals surface area contributed by atoms with E-state index in [1.807, 2.05) is 0 Å². The second kappa shape index (κ2) is 4.38. The van der Waals surface area contributed by atoms with Crippen LogP contribution >= 0.6 is 0 Å². The van der Waals surface area contributed by atoms with Crippen molar-refractivity contribution in [3.63, 3.8) is 0 Å². The van der Waals surface area contributed by atoms with Crippen LogP contribution in [0, 0.1) is 11.6 Å². The highest BCUT2D eigenvalue weighted by molar-refractivity contribution is 5.60. The molecule has 5 heteroatoms. The highest BCUT2D eigenvalue weighted by atomic mass is 19.1. The maximum Gasteiger partial charge on any atom is 0.135 e. The van der Waals surface area contributed by atoms with Gasteiger partial charge in [-0.15, -0.1) is 0 Å². The van der Waals surface area contributed by atoms with E-state index >= 15 is 0 Å². The van der Waals surface area contributed by atoms with Crippen molar-refractivity contribution in [2.75, 3.05) is 0 Å². The minimum atomic E-state index is -0.564. The van der Waals surface area contributed by atoms with Crippen LogP contribution in [0.4, 0.5) is 8.78 Å². The van der Waals surface area contributed by atoms with E-state index in [0.717, 1.165) is 18.7 Å². The van der Waals surface area contributed by atoms with Crippen molar-refractivity contribution in [3.8, 4) is 11.3 Å². The summed E-state index contributed by atoms with van der Waals surface area (Å²) < 4.78 is 27.5. The Morgan fingerprint density at radius 1 is 1.15 bits per heavy atom. The Bertz CT molecular complexity index is 632. The fourth-order valence-electron chi connectivity index (χ4n) is 3.53. The minimum absolute atomic E-state index is 0.0256. The quantitative estimate of drug-likeness (QED) is 0.884. The number of fused-ring (bicyclic) bond motifs is 2. The summed E-state index contributed by atoms with van der Waals surface area (Å²) >= 11 is 0. The van der Waals surface area contributed by atoms with E-state index in [9.17, 15) is 8.78 Å². The predicted octanol–water partition coefficient (Wildman–Crippen LogP) is 2.96. The molecule has 104 valence electrons. The molecule has 2 aromatic rings. The topological polar surface area (TPSA) is 40.7 Å². The van der Waals surface area contributed by atoms with E-state index in [2.05, 4.69) is 15.3 Å². The standard InChI is InChI=1S/C15H15F2N3/c16-10-2-1-3-11(17)14(10)13-7-18-15(20-13)9-6-8-4-5-12(9)19-8/h1-3,7-9,12,19H,4-6H2,(H,18,20). The summed E-state index contributed by atoms with van der Waals surface area (Å²) in [6, 6.07) is 4.91. The Labute approximate surface area is 115 Å². The molecule has 2 aliphatic rings. The zero-order valence-corrected chi connectivity index (χ0v) is 10.9. The van der Waals surface area contributed by atoms with Gasteiger partial charge >= 0.3 is 0 Å². The van der Waals surface area contributed by atoms with E-state index in [-0.39, 0.29) is 5.56 Å². The molecule has 2 saturated heterocycles. The van der Waals surface area contributed by atoms with Crippen molar-refractivity contribution in [3.05, 3.63) is 41.9 Å². The monoisotopic (exact) mass is 275 g/mol. The van der Waals surface area contributed by atoms with Crippen LogP contribution < -0.4 is 5.32 Å². The summed E-state index contributed by atoms with van der Waals surface area (Å²) in [6.45, 7) is 0. The zero-order valence-electron chi connectivity index (χ0n) is 10.9. The van der Waals surface area contributed by atoms with E-state index in [4.69, 9.17) is 0 Å². The van der Waals surface area contributed by atoms with E-state index in [1.165, 1.54) is 30.8 Å². The average molecular weight is 275 g/mol. The van der Waals surface area contributed by atoms with Gasteiger partial charge in [-0.1, -0.05) is 6.07 Å². The van der Waals surface area contributed by atoms with Gasteiger partial charge in [0.05, 0.1) is 17.5 Å². The number of aromatic nitrogens is 2. The summed E-state index contributed by atoms with van der Waals surface area (Å²) in [5.74, 6) is 0.0391. The number of nitrogens with zero attached hydrogens (tertiary/aromatic N) is 1. The summed E-state index contributed by atoms with van der Waals surface area (Å²) in [5.41, 5.74) is 0.390. The van der Waals surface area contributed by atoms with Crippen LogP contribution in [-0.2, 0) is 0 Å². The number of H-pyrrole nitrogens is 1. The van der Waals surface area contributed by atoms with Gasteiger partial charge in [0, 0.05) is 18.0 Å². The number of halogens is 2. The van der Waals surface area contributed by atoms with Crippen LogP contribution in [0.15, 0.2) is 24.4 Å². The van der Waals surface area contributed by atoms with Crippen molar-refractivity contribution < 1.29 is 8.78 Å². The molecule has 2 N–H and O–H groups in total. The first-order valence-corrected chi connectivity index (χ1v) is 6.97. The molecule has 4 rings (SSSR count). The fraction of sp³-hybridized carbons (Fsp3) is 0.400. The van der Waals surface area contributed by atoms with Crippen LogP contribution in [0.25, 0.3) is 11.3 Å². The fourth-order valence-corrected chi connectivity index (χ4v) is 3.53. The average Bonchev–Trinajstić information content (AvgIpc) is 3.14. The molecule has 0 radical (unpaired) electrons. The molecular formula is C15H15F2N3. The van der Waals surface area contributed by atoms with Crippen LogP contribution in [0.5, 0.6) is 0 Å². The number of aromatic amines is 1. The van der Waals surface area contributed by atoms with Crippen molar-refractivity contribution in [1.82, 2.24) is 15.3 Å². The first-order chi connectivity index (χ1) is 9.72. The van der Waals surface area contributed by atoms with Gasteiger partial charge in [-0.25, -0.2) is 13.8 Å². The maximum atomic E-state index is 13.8. The van der Waals surface area contributed by atoms with Gasteiger partial charge in [0.25, 0.3) is 0 Å². The highest BCUT2D eigenvalue weighted by Crippen LogP contribution is 2.39.